The Bertz CT molecular complexity index is 467. The highest BCUT2D eigenvalue weighted by Crippen LogP contribution is 2.30. The van der Waals surface area contributed by atoms with Crippen LogP contribution in [0.25, 0.3) is 0 Å². The highest BCUT2D eigenvalue weighted by Gasteiger charge is 2.37. The summed E-state index contributed by atoms with van der Waals surface area (Å²) in [4.78, 5) is 14.3. The van der Waals surface area contributed by atoms with Crippen LogP contribution >= 0.6 is 0 Å². The van der Waals surface area contributed by atoms with Gasteiger partial charge in [-0.25, -0.2) is 4.39 Å². The minimum absolute atomic E-state index is 0.0734. The lowest BCUT2D eigenvalue weighted by Crippen LogP contribution is -2.39. The third kappa shape index (κ3) is 2.95. The van der Waals surface area contributed by atoms with Gasteiger partial charge < -0.3 is 9.64 Å². The van der Waals surface area contributed by atoms with Crippen molar-refractivity contribution in [2.75, 3.05) is 6.61 Å². The minimum Gasteiger partial charge on any atom is -0.368 e. The third-order valence-electron chi connectivity index (χ3n) is 3.72. The van der Waals surface area contributed by atoms with E-state index in [0.29, 0.717) is 19.2 Å². The van der Waals surface area contributed by atoms with Gasteiger partial charge in [0.1, 0.15) is 11.9 Å². The molecule has 3 rings (SSSR count). The van der Waals surface area contributed by atoms with Gasteiger partial charge in [0.25, 0.3) is 5.91 Å². The van der Waals surface area contributed by atoms with Gasteiger partial charge in [-0.1, -0.05) is 12.1 Å². The maximum absolute atomic E-state index is 13.2. The topological polar surface area (TPSA) is 29.5 Å². The van der Waals surface area contributed by atoms with Crippen molar-refractivity contribution < 1.29 is 13.9 Å². The summed E-state index contributed by atoms with van der Waals surface area (Å²) >= 11 is 0. The molecule has 1 heterocycles. The quantitative estimate of drug-likeness (QED) is 0.835. The Balaban J connectivity index is 1.72. The van der Waals surface area contributed by atoms with Crippen molar-refractivity contribution in [3.05, 3.63) is 35.6 Å². The van der Waals surface area contributed by atoms with Crippen molar-refractivity contribution in [1.82, 2.24) is 4.90 Å². The summed E-state index contributed by atoms with van der Waals surface area (Å²) in [6.45, 7) is 1.16. The van der Waals surface area contributed by atoms with Crippen molar-refractivity contribution in [1.29, 1.82) is 0 Å². The summed E-state index contributed by atoms with van der Waals surface area (Å²) < 4.78 is 18.7. The zero-order chi connectivity index (χ0) is 13.2. The predicted molar refractivity (Wildman–Crippen MR) is 68.9 cm³/mol. The number of carbonyl (C=O) groups is 1. The first-order valence-electron chi connectivity index (χ1n) is 6.90. The molecule has 1 saturated carbocycles. The Morgan fingerprint density at radius 1 is 1.37 bits per heavy atom. The van der Waals surface area contributed by atoms with E-state index in [1.165, 1.54) is 12.1 Å². The van der Waals surface area contributed by atoms with Crippen LogP contribution in [0.5, 0.6) is 0 Å². The van der Waals surface area contributed by atoms with Crippen LogP contribution in [-0.2, 0) is 16.1 Å². The average molecular weight is 263 g/mol. The van der Waals surface area contributed by atoms with E-state index in [9.17, 15) is 9.18 Å². The van der Waals surface area contributed by atoms with Crippen molar-refractivity contribution in [3.63, 3.8) is 0 Å². The number of hydrogen-bond donors (Lipinski definition) is 0. The molecule has 1 amide bonds. The van der Waals surface area contributed by atoms with Crippen LogP contribution in [0.15, 0.2) is 24.3 Å². The van der Waals surface area contributed by atoms with Crippen LogP contribution < -0.4 is 0 Å². The van der Waals surface area contributed by atoms with Gasteiger partial charge in [0, 0.05) is 19.2 Å². The number of hydrogen-bond acceptors (Lipinski definition) is 2. The summed E-state index contributed by atoms with van der Waals surface area (Å²) in [7, 11) is 0. The van der Waals surface area contributed by atoms with Crippen LogP contribution in [0.1, 0.15) is 31.2 Å². The summed E-state index contributed by atoms with van der Waals surface area (Å²) in [6, 6.07) is 6.79. The van der Waals surface area contributed by atoms with Gasteiger partial charge in [0.15, 0.2) is 0 Å². The van der Waals surface area contributed by atoms with Crippen LogP contribution in [0.2, 0.25) is 0 Å². The molecule has 1 aromatic carbocycles. The fraction of sp³-hybridized carbons (Fsp3) is 0.533. The highest BCUT2D eigenvalue weighted by molar-refractivity contribution is 5.81. The van der Waals surface area contributed by atoms with Gasteiger partial charge in [-0.05, 0) is 43.4 Å². The average Bonchev–Trinajstić information content (AvgIpc) is 3.09. The molecule has 1 unspecified atom stereocenters. The first kappa shape index (κ1) is 12.6. The molecule has 19 heavy (non-hydrogen) atoms. The molecule has 2 aliphatic rings. The van der Waals surface area contributed by atoms with Crippen molar-refractivity contribution in [2.45, 2.75) is 44.4 Å². The molecule has 1 aliphatic carbocycles. The Labute approximate surface area is 112 Å². The fourth-order valence-electron chi connectivity index (χ4n) is 2.56. The van der Waals surface area contributed by atoms with E-state index in [2.05, 4.69) is 0 Å². The molecular formula is C15H18FNO2. The Kier molecular flexibility index (Phi) is 3.51. The molecule has 0 radical (unpaired) electrons. The van der Waals surface area contributed by atoms with E-state index in [-0.39, 0.29) is 17.8 Å². The summed E-state index contributed by atoms with van der Waals surface area (Å²) in [5.41, 5.74) is 0.846. The lowest BCUT2D eigenvalue weighted by molar-refractivity contribution is -0.142. The van der Waals surface area contributed by atoms with Gasteiger partial charge in [0.05, 0.1) is 0 Å². The number of nitrogens with zero attached hydrogens (tertiary/aromatic N) is 1. The van der Waals surface area contributed by atoms with E-state index in [0.717, 1.165) is 31.2 Å². The first-order chi connectivity index (χ1) is 9.24. The zero-order valence-corrected chi connectivity index (χ0v) is 10.8. The number of amides is 1. The second kappa shape index (κ2) is 5.29. The van der Waals surface area contributed by atoms with E-state index in [4.69, 9.17) is 4.74 Å². The molecular weight excluding hydrogens is 245 g/mol. The molecule has 2 fully saturated rings. The molecule has 0 N–H and O–H groups in total. The van der Waals surface area contributed by atoms with Gasteiger partial charge in [-0.3, -0.25) is 4.79 Å². The SMILES string of the molecule is O=C(C1CCCO1)N(Cc1cccc(F)c1)C1CC1. The first-order valence-corrected chi connectivity index (χ1v) is 6.90. The second-order valence-corrected chi connectivity index (χ2v) is 5.33. The van der Waals surface area contributed by atoms with Crippen molar-refractivity contribution in [3.8, 4) is 0 Å². The molecule has 1 aromatic rings. The molecule has 4 heteroatoms. The second-order valence-electron chi connectivity index (χ2n) is 5.33. The van der Waals surface area contributed by atoms with Crippen LogP contribution in [-0.4, -0.2) is 29.6 Å². The van der Waals surface area contributed by atoms with E-state index >= 15 is 0 Å². The molecule has 1 aliphatic heterocycles. The number of ether oxygens (including phenoxy) is 1. The van der Waals surface area contributed by atoms with Gasteiger partial charge >= 0.3 is 0 Å². The third-order valence-corrected chi connectivity index (χ3v) is 3.72. The van der Waals surface area contributed by atoms with E-state index in [1.54, 1.807) is 6.07 Å². The van der Waals surface area contributed by atoms with Crippen molar-refractivity contribution >= 4 is 5.91 Å². The lowest BCUT2D eigenvalue weighted by atomic mass is 10.1. The molecule has 3 nitrogen and oxygen atoms in total. The zero-order valence-electron chi connectivity index (χ0n) is 10.8. The van der Waals surface area contributed by atoms with Gasteiger partial charge in [0.2, 0.25) is 0 Å². The summed E-state index contributed by atoms with van der Waals surface area (Å²) in [6.07, 6.45) is 3.58. The predicted octanol–water partition coefficient (Wildman–Crippen LogP) is 2.50. The fourth-order valence-corrected chi connectivity index (χ4v) is 2.56. The van der Waals surface area contributed by atoms with Crippen LogP contribution in [0.4, 0.5) is 4.39 Å². The van der Waals surface area contributed by atoms with E-state index in [1.807, 2.05) is 11.0 Å². The monoisotopic (exact) mass is 263 g/mol. The van der Waals surface area contributed by atoms with E-state index < -0.39 is 0 Å². The number of halogens is 1. The maximum Gasteiger partial charge on any atom is 0.252 e. The maximum atomic E-state index is 13.2. The van der Waals surface area contributed by atoms with Gasteiger partial charge in [-0.2, -0.15) is 0 Å². The lowest BCUT2D eigenvalue weighted by Gasteiger charge is -2.25. The molecule has 0 spiro atoms. The molecule has 1 atom stereocenters. The number of carbonyl (C=O) groups excluding carboxylic acids is 1. The van der Waals surface area contributed by atoms with Gasteiger partial charge in [-0.15, -0.1) is 0 Å². The van der Waals surface area contributed by atoms with Crippen molar-refractivity contribution in [2.24, 2.45) is 0 Å². The largest absolute Gasteiger partial charge is 0.368 e. The summed E-state index contributed by atoms with van der Waals surface area (Å²) in [5, 5.41) is 0. The Hall–Kier alpha value is -1.42. The smallest absolute Gasteiger partial charge is 0.252 e. The Morgan fingerprint density at radius 2 is 2.21 bits per heavy atom. The number of benzene rings is 1. The number of rotatable bonds is 4. The van der Waals surface area contributed by atoms with Crippen LogP contribution in [0.3, 0.4) is 0 Å². The molecule has 1 saturated heterocycles. The molecule has 0 aromatic heterocycles. The molecule has 0 bridgehead atoms. The Morgan fingerprint density at radius 3 is 2.84 bits per heavy atom. The molecule has 102 valence electrons. The van der Waals surface area contributed by atoms with Crippen LogP contribution in [0, 0.1) is 5.82 Å². The standard InChI is InChI=1S/C15H18FNO2/c16-12-4-1-3-11(9-12)10-17(13-6-7-13)15(18)14-5-2-8-19-14/h1,3-4,9,13-14H,2,5-8,10H2. The highest BCUT2D eigenvalue weighted by atomic mass is 19.1. The normalized spacial score (nSPS) is 22.5. The summed E-state index contributed by atoms with van der Waals surface area (Å²) in [5.74, 6) is -0.179. The minimum atomic E-state index is -0.283.